The Kier molecular flexibility index (Phi) is 7.46. The molecule has 170 valence electrons. The molecule has 3 N–H and O–H groups in total. The number of carboxylic acid groups (broad SMARTS) is 1. The zero-order valence-electron chi connectivity index (χ0n) is 18.4. The maximum Gasteiger partial charge on any atom is 0.335 e. The fraction of sp³-hybridized carbons (Fsp3) is 0.192. The topological polar surface area (TPSA) is 113 Å². The Labute approximate surface area is 191 Å². The van der Waals surface area contributed by atoms with Crippen molar-refractivity contribution in [3.8, 4) is 11.5 Å². The number of benzene rings is 3. The van der Waals surface area contributed by atoms with Crippen LogP contribution in [0.2, 0.25) is 0 Å². The molecule has 0 saturated heterocycles. The predicted molar refractivity (Wildman–Crippen MR) is 124 cm³/mol. The molecule has 7 heteroatoms. The van der Waals surface area contributed by atoms with Gasteiger partial charge in [-0.2, -0.15) is 0 Å². The number of aromatic hydroxyl groups is 1. The minimum absolute atomic E-state index is 0.0569. The van der Waals surface area contributed by atoms with Crippen LogP contribution < -0.4 is 10.1 Å². The number of hydrogen-bond acceptors (Lipinski definition) is 5. The number of carboxylic acids is 1. The number of ether oxygens (including phenoxy) is 1. The van der Waals surface area contributed by atoms with Crippen LogP contribution in [0, 0.1) is 0 Å². The molecular formula is C26H25NO6. The van der Waals surface area contributed by atoms with Crippen LogP contribution in [-0.4, -0.2) is 27.9 Å². The summed E-state index contributed by atoms with van der Waals surface area (Å²) >= 11 is 0. The van der Waals surface area contributed by atoms with Gasteiger partial charge < -0.3 is 20.3 Å². The molecule has 0 aliphatic rings. The van der Waals surface area contributed by atoms with E-state index in [1.165, 1.54) is 19.1 Å². The van der Waals surface area contributed by atoms with Gasteiger partial charge in [-0.25, -0.2) is 4.79 Å². The molecule has 0 spiro atoms. The van der Waals surface area contributed by atoms with Crippen LogP contribution in [0.5, 0.6) is 11.5 Å². The molecule has 0 saturated carbocycles. The van der Waals surface area contributed by atoms with Crippen LogP contribution in [0.15, 0.2) is 60.7 Å². The molecule has 3 aromatic carbocycles. The van der Waals surface area contributed by atoms with Crippen LogP contribution in [0.3, 0.4) is 0 Å². The first-order chi connectivity index (χ1) is 15.8. The first-order valence-corrected chi connectivity index (χ1v) is 10.5. The summed E-state index contributed by atoms with van der Waals surface area (Å²) in [5.74, 6) is -1.24. The van der Waals surface area contributed by atoms with Crippen molar-refractivity contribution in [2.45, 2.75) is 33.3 Å². The lowest BCUT2D eigenvalue weighted by Crippen LogP contribution is -2.13. The molecule has 0 bridgehead atoms. The number of rotatable bonds is 9. The Morgan fingerprint density at radius 3 is 2.39 bits per heavy atom. The maximum absolute atomic E-state index is 12.6. The third-order valence-corrected chi connectivity index (χ3v) is 5.07. The molecule has 0 aliphatic heterocycles. The number of phenols is 1. The summed E-state index contributed by atoms with van der Waals surface area (Å²) < 4.78 is 5.92. The highest BCUT2D eigenvalue weighted by Crippen LogP contribution is 2.33. The number of aromatic carboxylic acids is 1. The Morgan fingerprint density at radius 2 is 1.70 bits per heavy atom. The Balaban J connectivity index is 1.75. The van der Waals surface area contributed by atoms with Crippen molar-refractivity contribution in [3.63, 3.8) is 0 Å². The number of phenolic OH excluding ortho intramolecular Hbond substituents is 1. The first-order valence-electron chi connectivity index (χ1n) is 10.5. The molecule has 3 aromatic rings. The van der Waals surface area contributed by atoms with E-state index in [1.54, 1.807) is 42.5 Å². The Hall–Kier alpha value is -4.13. The highest BCUT2D eigenvalue weighted by Gasteiger charge is 2.16. The number of carbonyl (C=O) groups excluding carboxylic acids is 2. The average Bonchev–Trinajstić information content (AvgIpc) is 2.79. The van der Waals surface area contributed by atoms with Gasteiger partial charge in [-0.15, -0.1) is 0 Å². The van der Waals surface area contributed by atoms with Crippen molar-refractivity contribution in [1.29, 1.82) is 0 Å². The molecule has 3 rings (SSSR count). The van der Waals surface area contributed by atoms with Crippen molar-refractivity contribution in [1.82, 2.24) is 0 Å². The lowest BCUT2D eigenvalue weighted by atomic mass is 10.0. The SMILES string of the molecule is CCCc1c(OCc2cccc(C(=O)Nc3cccc(C(=O)O)c3)c2)ccc(C(C)=O)c1O. The van der Waals surface area contributed by atoms with Crippen LogP contribution in [0.4, 0.5) is 5.69 Å². The summed E-state index contributed by atoms with van der Waals surface area (Å²) in [6.45, 7) is 3.53. The van der Waals surface area contributed by atoms with Crippen molar-refractivity contribution >= 4 is 23.3 Å². The van der Waals surface area contributed by atoms with Gasteiger partial charge in [0.15, 0.2) is 5.78 Å². The van der Waals surface area contributed by atoms with Gasteiger partial charge in [0.05, 0.1) is 11.1 Å². The van der Waals surface area contributed by atoms with Gasteiger partial charge in [0, 0.05) is 16.8 Å². The monoisotopic (exact) mass is 447 g/mol. The molecular weight excluding hydrogens is 422 g/mol. The van der Waals surface area contributed by atoms with Crippen LogP contribution in [0.25, 0.3) is 0 Å². The van der Waals surface area contributed by atoms with E-state index < -0.39 is 5.97 Å². The highest BCUT2D eigenvalue weighted by molar-refractivity contribution is 6.05. The zero-order chi connectivity index (χ0) is 24.0. The first kappa shape index (κ1) is 23.5. The fourth-order valence-electron chi connectivity index (χ4n) is 3.43. The van der Waals surface area contributed by atoms with Crippen molar-refractivity contribution in [2.24, 2.45) is 0 Å². The fourth-order valence-corrected chi connectivity index (χ4v) is 3.43. The maximum atomic E-state index is 12.6. The summed E-state index contributed by atoms with van der Waals surface area (Å²) in [4.78, 5) is 35.5. The number of hydrogen-bond donors (Lipinski definition) is 3. The Morgan fingerprint density at radius 1 is 0.970 bits per heavy atom. The summed E-state index contributed by atoms with van der Waals surface area (Å²) in [5, 5.41) is 22.3. The molecule has 0 atom stereocenters. The van der Waals surface area contributed by atoms with E-state index in [9.17, 15) is 19.5 Å². The summed E-state index contributed by atoms with van der Waals surface area (Å²) in [7, 11) is 0. The van der Waals surface area contributed by atoms with E-state index in [0.717, 1.165) is 12.0 Å². The van der Waals surface area contributed by atoms with Gasteiger partial charge in [-0.05, 0) is 61.4 Å². The molecule has 33 heavy (non-hydrogen) atoms. The molecule has 0 aliphatic carbocycles. The minimum Gasteiger partial charge on any atom is -0.507 e. The second-order valence-electron chi connectivity index (χ2n) is 7.57. The number of amides is 1. The van der Waals surface area contributed by atoms with Crippen LogP contribution in [0.1, 0.15) is 62.5 Å². The molecule has 1 amide bonds. The van der Waals surface area contributed by atoms with E-state index in [0.29, 0.717) is 29.0 Å². The zero-order valence-corrected chi connectivity index (χ0v) is 18.4. The van der Waals surface area contributed by atoms with Crippen molar-refractivity contribution in [2.75, 3.05) is 5.32 Å². The molecule has 0 unspecified atom stereocenters. The number of nitrogens with one attached hydrogen (secondary N) is 1. The van der Waals surface area contributed by atoms with Gasteiger partial charge in [-0.3, -0.25) is 9.59 Å². The lowest BCUT2D eigenvalue weighted by Gasteiger charge is -2.15. The van der Waals surface area contributed by atoms with Crippen LogP contribution >= 0.6 is 0 Å². The molecule has 0 aromatic heterocycles. The van der Waals surface area contributed by atoms with Gasteiger partial charge in [0.1, 0.15) is 18.1 Å². The second kappa shape index (κ2) is 10.5. The molecule has 0 heterocycles. The predicted octanol–water partition coefficient (Wildman–Crippen LogP) is 5.08. The second-order valence-corrected chi connectivity index (χ2v) is 7.57. The smallest absolute Gasteiger partial charge is 0.335 e. The van der Waals surface area contributed by atoms with Gasteiger partial charge in [0.2, 0.25) is 0 Å². The number of carbonyl (C=O) groups is 3. The lowest BCUT2D eigenvalue weighted by molar-refractivity contribution is 0.0696. The van der Waals surface area contributed by atoms with E-state index in [4.69, 9.17) is 9.84 Å². The number of anilines is 1. The van der Waals surface area contributed by atoms with Crippen LogP contribution in [-0.2, 0) is 13.0 Å². The number of Topliss-reactive ketones (excluding diaryl/α,β-unsaturated/α-hetero) is 1. The van der Waals surface area contributed by atoms with Crippen molar-refractivity contribution in [3.05, 3.63) is 88.5 Å². The van der Waals surface area contributed by atoms with Gasteiger partial charge in [-0.1, -0.05) is 31.5 Å². The average molecular weight is 447 g/mol. The molecule has 0 radical (unpaired) electrons. The molecule has 0 fully saturated rings. The largest absolute Gasteiger partial charge is 0.507 e. The highest BCUT2D eigenvalue weighted by atomic mass is 16.5. The minimum atomic E-state index is -1.07. The van der Waals surface area contributed by atoms with Gasteiger partial charge >= 0.3 is 5.97 Å². The Bertz CT molecular complexity index is 1200. The summed E-state index contributed by atoms with van der Waals surface area (Å²) in [5.41, 5.74) is 2.43. The van der Waals surface area contributed by atoms with Crippen molar-refractivity contribution < 1.29 is 29.3 Å². The van der Waals surface area contributed by atoms with E-state index >= 15 is 0 Å². The molecule has 7 nitrogen and oxygen atoms in total. The summed E-state index contributed by atoms with van der Waals surface area (Å²) in [6, 6.07) is 16.1. The summed E-state index contributed by atoms with van der Waals surface area (Å²) in [6.07, 6.45) is 1.32. The third kappa shape index (κ3) is 5.77. The third-order valence-electron chi connectivity index (χ3n) is 5.07. The van der Waals surface area contributed by atoms with E-state index in [2.05, 4.69) is 5.32 Å². The quantitative estimate of drug-likeness (QED) is 0.395. The van der Waals surface area contributed by atoms with E-state index in [-0.39, 0.29) is 35.2 Å². The van der Waals surface area contributed by atoms with E-state index in [1.807, 2.05) is 13.0 Å². The number of ketones is 1. The van der Waals surface area contributed by atoms with Gasteiger partial charge in [0.25, 0.3) is 5.91 Å². The standard InChI is InChI=1S/C26H25NO6/c1-3-6-22-23(12-11-21(16(2)28)24(22)29)33-15-17-7-4-8-18(13-17)25(30)27-20-10-5-9-19(14-20)26(31)32/h4-5,7-14,29H,3,6,15H2,1-2H3,(H,27,30)(H,31,32). The normalized spacial score (nSPS) is 10.5.